The Morgan fingerprint density at radius 2 is 1.97 bits per heavy atom. The third kappa shape index (κ3) is 5.67. The summed E-state index contributed by atoms with van der Waals surface area (Å²) in [5.41, 5.74) is 1.77. The molecule has 0 saturated heterocycles. The van der Waals surface area contributed by atoms with Crippen molar-refractivity contribution in [2.24, 2.45) is 0 Å². The van der Waals surface area contributed by atoms with Crippen molar-refractivity contribution in [2.45, 2.75) is 17.9 Å². The number of halogens is 1. The quantitative estimate of drug-likeness (QED) is 0.470. The number of hydrogen-bond donors (Lipinski definition) is 2. The number of rotatable bonds is 9. The highest BCUT2D eigenvalue weighted by Gasteiger charge is 2.20. The molecule has 1 heterocycles. The zero-order chi connectivity index (χ0) is 22.4. The molecule has 3 rings (SSSR count). The lowest BCUT2D eigenvalue weighted by Crippen LogP contribution is -2.29. The Morgan fingerprint density at radius 3 is 2.61 bits per heavy atom. The number of hydrogen-bond acceptors (Lipinski definition) is 6. The van der Waals surface area contributed by atoms with Crippen molar-refractivity contribution < 1.29 is 17.9 Å². The van der Waals surface area contributed by atoms with Crippen LogP contribution in [-0.4, -0.2) is 49.4 Å². The van der Waals surface area contributed by atoms with E-state index in [0.717, 1.165) is 11.3 Å². The van der Waals surface area contributed by atoms with Crippen LogP contribution in [0.2, 0.25) is 5.02 Å². The maximum Gasteiger partial charge on any atom is 0.253 e. The van der Waals surface area contributed by atoms with Crippen LogP contribution in [0.1, 0.15) is 28.9 Å². The minimum atomic E-state index is -3.79. The summed E-state index contributed by atoms with van der Waals surface area (Å²) in [5.74, 6) is -0.480. The van der Waals surface area contributed by atoms with E-state index in [-0.39, 0.29) is 34.7 Å². The largest absolute Gasteiger partial charge is 0.383 e. The fourth-order valence-corrected chi connectivity index (χ4v) is 4.06. The molecule has 11 heteroatoms. The molecular formula is C20H22ClN5O4S. The maximum atomic E-state index is 12.8. The van der Waals surface area contributed by atoms with Gasteiger partial charge < -0.3 is 10.1 Å². The van der Waals surface area contributed by atoms with Crippen LogP contribution in [0.5, 0.6) is 0 Å². The molecule has 0 bridgehead atoms. The Labute approximate surface area is 185 Å². The van der Waals surface area contributed by atoms with Crippen LogP contribution in [0.25, 0.3) is 5.69 Å². The molecule has 0 fully saturated rings. The molecule has 9 nitrogen and oxygen atoms in total. The van der Waals surface area contributed by atoms with Crippen molar-refractivity contribution in [3.63, 3.8) is 0 Å². The van der Waals surface area contributed by atoms with Crippen LogP contribution >= 0.6 is 11.6 Å². The molecule has 1 aromatic heterocycles. The summed E-state index contributed by atoms with van der Waals surface area (Å²) in [6, 6.07) is 11.1. The SMILES string of the molecule is COCCNS(=O)(=O)c1ccc(Cl)c(C(=O)NC(C)c2ccc(-n3cncn3)cc2)c1. The second-order valence-corrected chi connectivity index (χ2v) is 8.83. The van der Waals surface area contributed by atoms with E-state index in [1.807, 2.05) is 31.2 Å². The highest BCUT2D eigenvalue weighted by molar-refractivity contribution is 7.89. The van der Waals surface area contributed by atoms with Gasteiger partial charge in [-0.25, -0.2) is 22.8 Å². The highest BCUT2D eigenvalue weighted by atomic mass is 35.5. The molecule has 0 radical (unpaired) electrons. The number of aromatic nitrogens is 3. The second-order valence-electron chi connectivity index (χ2n) is 6.66. The van der Waals surface area contributed by atoms with Gasteiger partial charge in [0.15, 0.2) is 0 Å². The van der Waals surface area contributed by atoms with Crippen LogP contribution < -0.4 is 10.0 Å². The number of carbonyl (C=O) groups is 1. The first-order valence-corrected chi connectivity index (χ1v) is 11.2. The molecule has 1 unspecified atom stereocenters. The average molecular weight is 464 g/mol. The normalized spacial score (nSPS) is 12.5. The van der Waals surface area contributed by atoms with Gasteiger partial charge in [-0.1, -0.05) is 23.7 Å². The first-order valence-electron chi connectivity index (χ1n) is 9.36. The molecule has 2 N–H and O–H groups in total. The molecule has 164 valence electrons. The van der Waals surface area contributed by atoms with Gasteiger partial charge in [-0.2, -0.15) is 5.10 Å². The first-order chi connectivity index (χ1) is 14.8. The van der Waals surface area contributed by atoms with Crippen molar-refractivity contribution in [3.8, 4) is 5.69 Å². The molecule has 31 heavy (non-hydrogen) atoms. The van der Waals surface area contributed by atoms with Crippen molar-refractivity contribution in [3.05, 3.63) is 71.3 Å². The van der Waals surface area contributed by atoms with Crippen molar-refractivity contribution in [2.75, 3.05) is 20.3 Å². The van der Waals surface area contributed by atoms with Gasteiger partial charge in [-0.05, 0) is 42.8 Å². The monoisotopic (exact) mass is 463 g/mol. The number of benzene rings is 2. The third-order valence-corrected chi connectivity index (χ3v) is 6.30. The number of nitrogens with zero attached hydrogens (tertiary/aromatic N) is 3. The standard InChI is InChI=1S/C20H22ClN5O4S/c1-14(15-3-5-16(6-4-15)26-13-22-12-23-26)25-20(27)18-11-17(7-8-19(18)21)31(28,29)24-9-10-30-2/h3-8,11-14,24H,9-10H2,1-2H3,(H,25,27). The van der Waals surface area contributed by atoms with Crippen LogP contribution in [0.4, 0.5) is 0 Å². The molecule has 1 atom stereocenters. The van der Waals surface area contributed by atoms with Gasteiger partial charge in [-0.3, -0.25) is 4.79 Å². The van der Waals surface area contributed by atoms with E-state index in [4.69, 9.17) is 16.3 Å². The number of sulfonamides is 1. The summed E-state index contributed by atoms with van der Waals surface area (Å²) in [4.78, 5) is 16.6. The summed E-state index contributed by atoms with van der Waals surface area (Å²) >= 11 is 6.16. The summed E-state index contributed by atoms with van der Waals surface area (Å²) in [6.07, 6.45) is 3.04. The van der Waals surface area contributed by atoms with E-state index < -0.39 is 15.9 Å². The number of nitrogens with one attached hydrogen (secondary N) is 2. The zero-order valence-electron chi connectivity index (χ0n) is 16.9. The van der Waals surface area contributed by atoms with Gasteiger partial charge in [0.05, 0.1) is 33.8 Å². The van der Waals surface area contributed by atoms with Crippen molar-refractivity contribution in [1.82, 2.24) is 24.8 Å². The van der Waals surface area contributed by atoms with E-state index in [1.165, 1.54) is 31.6 Å². The number of amides is 1. The Hall–Kier alpha value is -2.79. The predicted octanol–water partition coefficient (Wildman–Crippen LogP) is 2.34. The molecular weight excluding hydrogens is 442 g/mol. The van der Waals surface area contributed by atoms with Crippen molar-refractivity contribution >= 4 is 27.5 Å². The van der Waals surface area contributed by atoms with Crippen LogP contribution in [0.3, 0.4) is 0 Å². The van der Waals surface area contributed by atoms with E-state index in [1.54, 1.807) is 11.0 Å². The van der Waals surface area contributed by atoms with E-state index in [0.29, 0.717) is 0 Å². The fourth-order valence-electron chi connectivity index (χ4n) is 2.82. The Bertz CT molecular complexity index is 1130. The lowest BCUT2D eigenvalue weighted by atomic mass is 10.1. The zero-order valence-corrected chi connectivity index (χ0v) is 18.5. The smallest absolute Gasteiger partial charge is 0.253 e. The Morgan fingerprint density at radius 1 is 1.23 bits per heavy atom. The predicted molar refractivity (Wildman–Crippen MR) is 116 cm³/mol. The Kier molecular flexibility index (Phi) is 7.39. The fraction of sp³-hybridized carbons (Fsp3) is 0.250. The first kappa shape index (κ1) is 22.9. The van der Waals surface area contributed by atoms with Gasteiger partial charge in [0, 0.05) is 13.7 Å². The molecule has 3 aromatic rings. The number of ether oxygens (including phenoxy) is 1. The number of methoxy groups -OCH3 is 1. The topological polar surface area (TPSA) is 115 Å². The van der Waals surface area contributed by atoms with Gasteiger partial charge in [0.25, 0.3) is 5.91 Å². The maximum absolute atomic E-state index is 12.8. The minimum absolute atomic E-state index is 0.0528. The van der Waals surface area contributed by atoms with Crippen LogP contribution in [0.15, 0.2) is 60.0 Å². The van der Waals surface area contributed by atoms with Crippen molar-refractivity contribution in [1.29, 1.82) is 0 Å². The molecule has 0 aliphatic carbocycles. The lowest BCUT2D eigenvalue weighted by molar-refractivity contribution is 0.0940. The Balaban J connectivity index is 1.73. The minimum Gasteiger partial charge on any atom is -0.383 e. The average Bonchev–Trinajstić information content (AvgIpc) is 3.29. The van der Waals surface area contributed by atoms with Gasteiger partial charge >= 0.3 is 0 Å². The second kappa shape index (κ2) is 10.0. The van der Waals surface area contributed by atoms with E-state index in [9.17, 15) is 13.2 Å². The lowest BCUT2D eigenvalue weighted by Gasteiger charge is -2.16. The van der Waals surface area contributed by atoms with Gasteiger partial charge in [0.2, 0.25) is 10.0 Å². The van der Waals surface area contributed by atoms with Gasteiger partial charge in [-0.15, -0.1) is 0 Å². The van der Waals surface area contributed by atoms with Gasteiger partial charge in [0.1, 0.15) is 12.7 Å². The van der Waals surface area contributed by atoms with Crippen LogP contribution in [0, 0.1) is 0 Å². The summed E-state index contributed by atoms with van der Waals surface area (Å²) in [6.45, 7) is 2.17. The molecule has 2 aromatic carbocycles. The highest BCUT2D eigenvalue weighted by Crippen LogP contribution is 2.22. The third-order valence-electron chi connectivity index (χ3n) is 4.52. The summed E-state index contributed by atoms with van der Waals surface area (Å²) in [5, 5.41) is 7.07. The molecule has 0 aliphatic heterocycles. The van der Waals surface area contributed by atoms with E-state index >= 15 is 0 Å². The summed E-state index contributed by atoms with van der Waals surface area (Å²) < 4.78 is 33.7. The molecule has 0 spiro atoms. The molecule has 1 amide bonds. The molecule has 0 aliphatic rings. The molecule has 0 saturated carbocycles. The summed E-state index contributed by atoms with van der Waals surface area (Å²) in [7, 11) is -2.32. The van der Waals surface area contributed by atoms with Crippen LogP contribution in [-0.2, 0) is 14.8 Å². The van der Waals surface area contributed by atoms with E-state index in [2.05, 4.69) is 20.1 Å². The number of carbonyl (C=O) groups excluding carboxylic acids is 1.